The van der Waals surface area contributed by atoms with Crippen LogP contribution in [-0.2, 0) is 4.79 Å². The van der Waals surface area contributed by atoms with Crippen molar-refractivity contribution in [2.45, 2.75) is 51.7 Å². The van der Waals surface area contributed by atoms with Gasteiger partial charge in [-0.2, -0.15) is 0 Å². The Bertz CT molecular complexity index is 225. The molecule has 2 unspecified atom stereocenters. The number of hydrogen-bond donors (Lipinski definition) is 1. The van der Waals surface area contributed by atoms with Crippen LogP contribution in [0.15, 0.2) is 0 Å². The van der Waals surface area contributed by atoms with Crippen molar-refractivity contribution >= 4 is 5.91 Å². The molecule has 14 heavy (non-hydrogen) atoms. The smallest absolute Gasteiger partial charge is 0.241 e. The van der Waals surface area contributed by atoms with E-state index >= 15 is 0 Å². The van der Waals surface area contributed by atoms with Crippen LogP contribution in [-0.4, -0.2) is 29.6 Å². The van der Waals surface area contributed by atoms with Gasteiger partial charge in [-0.25, -0.2) is 0 Å². The first-order chi connectivity index (χ1) is 6.72. The van der Waals surface area contributed by atoms with Gasteiger partial charge >= 0.3 is 0 Å². The van der Waals surface area contributed by atoms with Gasteiger partial charge in [0.05, 0.1) is 12.2 Å². The molecule has 0 aromatic heterocycles. The van der Waals surface area contributed by atoms with E-state index in [9.17, 15) is 4.79 Å². The summed E-state index contributed by atoms with van der Waals surface area (Å²) in [5.74, 6) is 1.09. The van der Waals surface area contributed by atoms with Gasteiger partial charge in [0.25, 0.3) is 0 Å². The summed E-state index contributed by atoms with van der Waals surface area (Å²) in [6, 6.07) is 0.0741. The highest BCUT2D eigenvalue weighted by Crippen LogP contribution is 2.28. The van der Waals surface area contributed by atoms with E-state index in [1.165, 1.54) is 19.3 Å². The maximum absolute atomic E-state index is 11.9. The van der Waals surface area contributed by atoms with Gasteiger partial charge in [-0.05, 0) is 32.1 Å². The first kappa shape index (κ1) is 9.97. The Hall–Kier alpha value is -0.570. The van der Waals surface area contributed by atoms with E-state index in [-0.39, 0.29) is 12.2 Å². The van der Waals surface area contributed by atoms with E-state index in [0.29, 0.717) is 5.91 Å². The zero-order chi connectivity index (χ0) is 10.1. The van der Waals surface area contributed by atoms with Crippen LogP contribution in [0, 0.1) is 5.92 Å². The van der Waals surface area contributed by atoms with E-state index in [1.807, 2.05) is 4.90 Å². The second-order valence-corrected chi connectivity index (χ2v) is 4.59. The molecule has 3 nitrogen and oxygen atoms in total. The monoisotopic (exact) mass is 196 g/mol. The van der Waals surface area contributed by atoms with Gasteiger partial charge in [0.15, 0.2) is 0 Å². The van der Waals surface area contributed by atoms with Crippen LogP contribution < -0.4 is 5.32 Å². The molecule has 1 saturated carbocycles. The summed E-state index contributed by atoms with van der Waals surface area (Å²) in [6.45, 7) is 5.13. The highest BCUT2D eigenvalue weighted by molar-refractivity contribution is 5.84. The summed E-state index contributed by atoms with van der Waals surface area (Å²) in [5, 5.41) is 3.33. The molecule has 1 aliphatic carbocycles. The maximum atomic E-state index is 11.9. The molecule has 80 valence electrons. The number of amides is 1. The maximum Gasteiger partial charge on any atom is 0.241 e. The highest BCUT2D eigenvalue weighted by Gasteiger charge is 2.36. The van der Waals surface area contributed by atoms with E-state index in [2.05, 4.69) is 19.2 Å². The quantitative estimate of drug-likeness (QED) is 0.739. The summed E-state index contributed by atoms with van der Waals surface area (Å²) >= 11 is 0. The molecular weight excluding hydrogens is 176 g/mol. The van der Waals surface area contributed by atoms with Gasteiger partial charge in [0.1, 0.15) is 0 Å². The van der Waals surface area contributed by atoms with Crippen LogP contribution in [0.4, 0.5) is 0 Å². The van der Waals surface area contributed by atoms with Crippen LogP contribution in [0.5, 0.6) is 0 Å². The van der Waals surface area contributed by atoms with Gasteiger partial charge in [-0.15, -0.1) is 0 Å². The summed E-state index contributed by atoms with van der Waals surface area (Å²) in [7, 11) is 0. The average molecular weight is 196 g/mol. The molecule has 3 heteroatoms. The number of nitrogens with one attached hydrogen (secondary N) is 1. The van der Waals surface area contributed by atoms with Gasteiger partial charge in [-0.1, -0.05) is 13.3 Å². The topological polar surface area (TPSA) is 32.3 Å². The zero-order valence-electron chi connectivity index (χ0n) is 9.12. The second-order valence-electron chi connectivity index (χ2n) is 4.59. The molecule has 1 N–H and O–H groups in total. The van der Waals surface area contributed by atoms with Crippen LogP contribution >= 0.6 is 0 Å². The van der Waals surface area contributed by atoms with Crippen LogP contribution in [0.2, 0.25) is 0 Å². The molecule has 1 amide bonds. The highest BCUT2D eigenvalue weighted by atomic mass is 16.2. The number of rotatable bonds is 3. The fraction of sp³-hybridized carbons (Fsp3) is 0.909. The minimum Gasteiger partial charge on any atom is -0.326 e. The van der Waals surface area contributed by atoms with Crippen molar-refractivity contribution in [2.24, 2.45) is 5.92 Å². The van der Waals surface area contributed by atoms with Crippen molar-refractivity contribution in [3.05, 3.63) is 0 Å². The van der Waals surface area contributed by atoms with Crippen LogP contribution in [0.3, 0.4) is 0 Å². The Balaban J connectivity index is 1.92. The first-order valence-electron chi connectivity index (χ1n) is 5.79. The summed E-state index contributed by atoms with van der Waals surface area (Å²) < 4.78 is 0. The Labute approximate surface area is 85.8 Å². The predicted molar refractivity (Wildman–Crippen MR) is 55.7 cm³/mol. The van der Waals surface area contributed by atoms with E-state index in [0.717, 1.165) is 18.9 Å². The van der Waals surface area contributed by atoms with Crippen molar-refractivity contribution < 1.29 is 4.79 Å². The fourth-order valence-corrected chi connectivity index (χ4v) is 2.34. The van der Waals surface area contributed by atoms with Crippen molar-refractivity contribution in [1.82, 2.24) is 10.2 Å². The zero-order valence-corrected chi connectivity index (χ0v) is 9.12. The molecule has 1 aliphatic heterocycles. The number of hydrogen-bond acceptors (Lipinski definition) is 2. The third-order valence-electron chi connectivity index (χ3n) is 3.58. The minimum absolute atomic E-state index is 0.0741. The second kappa shape index (κ2) is 3.89. The molecule has 2 atom stereocenters. The Morgan fingerprint density at radius 2 is 2.21 bits per heavy atom. The van der Waals surface area contributed by atoms with Crippen LogP contribution in [0.25, 0.3) is 0 Å². The molecule has 2 fully saturated rings. The number of nitrogens with zero attached hydrogens (tertiary/aromatic N) is 1. The van der Waals surface area contributed by atoms with Crippen molar-refractivity contribution in [2.75, 3.05) is 6.54 Å². The average Bonchev–Trinajstić information content (AvgIpc) is 2.36. The Kier molecular flexibility index (Phi) is 2.77. The molecule has 2 aliphatic rings. The van der Waals surface area contributed by atoms with Gasteiger partial charge in [0, 0.05) is 6.54 Å². The number of carbonyl (C=O) groups is 1. The van der Waals surface area contributed by atoms with E-state index in [4.69, 9.17) is 0 Å². The lowest BCUT2D eigenvalue weighted by atomic mass is 9.85. The molecule has 0 spiro atoms. The minimum atomic E-state index is 0.0741. The lowest BCUT2D eigenvalue weighted by Gasteiger charge is -2.31. The SMILES string of the molecule is CCC1NC(C)N(CC2CCC2)C1=O. The molecular formula is C11H20N2O. The summed E-state index contributed by atoms with van der Waals surface area (Å²) in [6.07, 6.45) is 5.13. The van der Waals surface area contributed by atoms with Gasteiger partial charge < -0.3 is 4.90 Å². The molecule has 0 bridgehead atoms. The largest absolute Gasteiger partial charge is 0.326 e. The Morgan fingerprint density at radius 1 is 1.50 bits per heavy atom. The number of carbonyl (C=O) groups excluding carboxylic acids is 1. The fourth-order valence-electron chi connectivity index (χ4n) is 2.34. The molecule has 2 rings (SSSR count). The van der Waals surface area contributed by atoms with E-state index < -0.39 is 0 Å². The molecule has 0 aromatic rings. The molecule has 1 heterocycles. The van der Waals surface area contributed by atoms with Gasteiger partial charge in [-0.3, -0.25) is 10.1 Å². The summed E-state index contributed by atoms with van der Waals surface area (Å²) in [5.41, 5.74) is 0. The normalized spacial score (nSPS) is 33.6. The van der Waals surface area contributed by atoms with Crippen molar-refractivity contribution in [3.63, 3.8) is 0 Å². The standard InChI is InChI=1S/C11H20N2O/c1-3-10-11(14)13(8(2)12-10)7-9-5-4-6-9/h8-10,12H,3-7H2,1-2H3. The van der Waals surface area contributed by atoms with Gasteiger partial charge in [0.2, 0.25) is 5.91 Å². The first-order valence-corrected chi connectivity index (χ1v) is 5.79. The molecule has 0 aromatic carbocycles. The third-order valence-corrected chi connectivity index (χ3v) is 3.58. The summed E-state index contributed by atoms with van der Waals surface area (Å²) in [4.78, 5) is 13.9. The van der Waals surface area contributed by atoms with Crippen molar-refractivity contribution in [1.29, 1.82) is 0 Å². The van der Waals surface area contributed by atoms with Crippen molar-refractivity contribution in [3.8, 4) is 0 Å². The van der Waals surface area contributed by atoms with Crippen LogP contribution in [0.1, 0.15) is 39.5 Å². The molecule has 1 saturated heterocycles. The van der Waals surface area contributed by atoms with E-state index in [1.54, 1.807) is 0 Å². The third kappa shape index (κ3) is 1.65. The lowest BCUT2D eigenvalue weighted by Crippen LogP contribution is -2.40. The molecule has 0 radical (unpaired) electrons. The lowest BCUT2D eigenvalue weighted by molar-refractivity contribution is -0.130. The Morgan fingerprint density at radius 3 is 2.64 bits per heavy atom. The predicted octanol–water partition coefficient (Wildman–Crippen LogP) is 1.34.